The summed E-state index contributed by atoms with van der Waals surface area (Å²) < 4.78 is 12.5. The van der Waals surface area contributed by atoms with E-state index in [1.54, 1.807) is 0 Å². The van der Waals surface area contributed by atoms with Crippen molar-refractivity contribution in [2.75, 3.05) is 4.90 Å². The Hall–Kier alpha value is -5.61. The second-order valence-electron chi connectivity index (χ2n) is 10.0. The number of para-hydroxylation sites is 3. The first kappa shape index (κ1) is 23.3. The lowest BCUT2D eigenvalue weighted by molar-refractivity contribution is 0.620. The van der Waals surface area contributed by atoms with Crippen molar-refractivity contribution in [3.05, 3.63) is 146 Å². The van der Waals surface area contributed by atoms with Gasteiger partial charge in [-0.2, -0.15) is 0 Å². The lowest BCUT2D eigenvalue weighted by Gasteiger charge is -2.25. The molecule has 2 aromatic heterocycles. The van der Waals surface area contributed by atoms with Gasteiger partial charge >= 0.3 is 0 Å². The van der Waals surface area contributed by atoms with Gasteiger partial charge in [-0.15, -0.1) is 0 Å². The van der Waals surface area contributed by atoms with Crippen LogP contribution >= 0.6 is 0 Å². The Labute approximate surface area is 236 Å². The molecule has 0 saturated carbocycles. The summed E-state index contributed by atoms with van der Waals surface area (Å²) in [5.74, 6) is 0.585. The molecule has 0 atom stereocenters. The van der Waals surface area contributed by atoms with Crippen LogP contribution in [-0.4, -0.2) is 4.98 Å². The van der Waals surface area contributed by atoms with Crippen LogP contribution in [0.3, 0.4) is 0 Å². The first-order chi connectivity index (χ1) is 20.3. The highest BCUT2D eigenvalue weighted by Gasteiger charge is 2.19. The molecule has 0 unspecified atom stereocenters. The summed E-state index contributed by atoms with van der Waals surface area (Å²) in [5.41, 5.74) is 9.69. The minimum atomic E-state index is 0.585. The van der Waals surface area contributed by atoms with Crippen LogP contribution in [0.1, 0.15) is 0 Å². The van der Waals surface area contributed by atoms with Gasteiger partial charge in [0.2, 0.25) is 5.89 Å². The second-order valence-corrected chi connectivity index (χ2v) is 10.0. The Bertz CT molecular complexity index is 2110. The van der Waals surface area contributed by atoms with Gasteiger partial charge < -0.3 is 13.7 Å². The number of hydrogen-bond acceptors (Lipinski definition) is 4. The molecular weight excluding hydrogens is 504 g/mol. The molecule has 6 aromatic carbocycles. The summed E-state index contributed by atoms with van der Waals surface area (Å²) in [6.07, 6.45) is 0. The van der Waals surface area contributed by atoms with E-state index in [0.717, 1.165) is 55.7 Å². The van der Waals surface area contributed by atoms with Crippen molar-refractivity contribution >= 4 is 50.1 Å². The third-order valence-electron chi connectivity index (χ3n) is 7.51. The molecule has 0 aliphatic rings. The lowest BCUT2D eigenvalue weighted by Crippen LogP contribution is -2.09. The highest BCUT2D eigenvalue weighted by atomic mass is 16.3. The monoisotopic (exact) mass is 528 g/mol. The zero-order valence-electron chi connectivity index (χ0n) is 22.1. The average molecular weight is 529 g/mol. The SMILES string of the molecule is c1ccc(-c2ccc(N(c3ccccc3)c3ccc4oc5cccc(-c6nc7ccccc7o6)c5c4c3)cc2)cc1. The quantitative estimate of drug-likeness (QED) is 0.223. The maximum atomic E-state index is 6.31. The first-order valence-electron chi connectivity index (χ1n) is 13.6. The van der Waals surface area contributed by atoms with Crippen molar-refractivity contribution < 1.29 is 8.83 Å². The summed E-state index contributed by atoms with van der Waals surface area (Å²) in [6.45, 7) is 0. The number of benzene rings is 6. The summed E-state index contributed by atoms with van der Waals surface area (Å²) in [6, 6.07) is 49.8. The second kappa shape index (κ2) is 9.54. The van der Waals surface area contributed by atoms with Gasteiger partial charge in [-0.1, -0.05) is 78.9 Å². The predicted molar refractivity (Wildman–Crippen MR) is 167 cm³/mol. The van der Waals surface area contributed by atoms with Crippen molar-refractivity contribution in [2.24, 2.45) is 0 Å². The molecule has 41 heavy (non-hydrogen) atoms. The number of aromatic nitrogens is 1. The number of rotatable bonds is 5. The highest BCUT2D eigenvalue weighted by molar-refractivity contribution is 6.13. The topological polar surface area (TPSA) is 42.4 Å². The predicted octanol–water partition coefficient (Wildman–Crippen LogP) is 10.5. The fourth-order valence-electron chi connectivity index (χ4n) is 5.58. The molecule has 0 saturated heterocycles. The van der Waals surface area contributed by atoms with Gasteiger partial charge in [-0.3, -0.25) is 0 Å². The van der Waals surface area contributed by atoms with E-state index >= 15 is 0 Å². The highest BCUT2D eigenvalue weighted by Crippen LogP contribution is 2.42. The molecule has 194 valence electrons. The fraction of sp³-hybridized carbons (Fsp3) is 0. The van der Waals surface area contributed by atoms with Crippen LogP contribution in [0, 0.1) is 0 Å². The van der Waals surface area contributed by atoms with Crippen LogP contribution in [0.25, 0.3) is 55.6 Å². The van der Waals surface area contributed by atoms with E-state index in [-0.39, 0.29) is 0 Å². The van der Waals surface area contributed by atoms with Gasteiger partial charge in [0.25, 0.3) is 0 Å². The third kappa shape index (κ3) is 4.05. The molecule has 2 heterocycles. The Morgan fingerprint density at radius 3 is 1.93 bits per heavy atom. The largest absolute Gasteiger partial charge is 0.456 e. The number of furan rings is 1. The molecule has 8 rings (SSSR count). The average Bonchev–Trinajstić information content (AvgIpc) is 3.64. The zero-order chi connectivity index (χ0) is 27.2. The van der Waals surface area contributed by atoms with E-state index in [4.69, 9.17) is 13.8 Å². The van der Waals surface area contributed by atoms with Gasteiger partial charge in [0.05, 0.1) is 0 Å². The Morgan fingerprint density at radius 1 is 0.463 bits per heavy atom. The van der Waals surface area contributed by atoms with E-state index in [9.17, 15) is 0 Å². The maximum absolute atomic E-state index is 6.31. The van der Waals surface area contributed by atoms with Gasteiger partial charge in [0.1, 0.15) is 16.7 Å². The summed E-state index contributed by atoms with van der Waals surface area (Å²) >= 11 is 0. The Balaban J connectivity index is 1.30. The van der Waals surface area contributed by atoms with Gasteiger partial charge in [-0.25, -0.2) is 4.98 Å². The molecule has 0 N–H and O–H groups in total. The molecular formula is C37H24N2O2. The molecule has 0 aliphatic carbocycles. The number of oxazole rings is 1. The van der Waals surface area contributed by atoms with E-state index in [1.165, 1.54) is 11.1 Å². The van der Waals surface area contributed by atoms with Gasteiger partial charge in [-0.05, 0) is 77.9 Å². The normalized spacial score (nSPS) is 11.4. The van der Waals surface area contributed by atoms with E-state index < -0.39 is 0 Å². The molecule has 8 aromatic rings. The van der Waals surface area contributed by atoms with Gasteiger partial charge in [0.15, 0.2) is 5.58 Å². The third-order valence-corrected chi connectivity index (χ3v) is 7.51. The standard InChI is InChI=1S/C37H24N2O2/c1-3-10-25(11-4-1)26-18-20-28(21-19-26)39(27-12-5-2-6-13-27)29-22-23-33-31(24-29)36-30(14-9-17-35(36)40-33)37-38-32-15-7-8-16-34(32)41-37/h1-24H. The summed E-state index contributed by atoms with van der Waals surface area (Å²) in [4.78, 5) is 7.06. The Kier molecular flexibility index (Phi) is 5.42. The molecule has 0 amide bonds. The molecule has 0 bridgehead atoms. The Morgan fingerprint density at radius 2 is 1.12 bits per heavy atom. The van der Waals surface area contributed by atoms with Crippen LogP contribution in [-0.2, 0) is 0 Å². The van der Waals surface area contributed by atoms with Crippen molar-refractivity contribution in [3.63, 3.8) is 0 Å². The van der Waals surface area contributed by atoms with Crippen LogP contribution < -0.4 is 4.90 Å². The maximum Gasteiger partial charge on any atom is 0.228 e. The molecule has 0 fully saturated rings. The van der Waals surface area contributed by atoms with Crippen molar-refractivity contribution in [3.8, 4) is 22.6 Å². The van der Waals surface area contributed by atoms with E-state index in [1.807, 2.05) is 54.6 Å². The number of anilines is 3. The van der Waals surface area contributed by atoms with Gasteiger partial charge in [0, 0.05) is 33.4 Å². The molecule has 0 aliphatic heterocycles. The summed E-state index contributed by atoms with van der Waals surface area (Å²) in [7, 11) is 0. The smallest absolute Gasteiger partial charge is 0.228 e. The van der Waals surface area contributed by atoms with Crippen LogP contribution in [0.5, 0.6) is 0 Å². The molecule has 4 heteroatoms. The van der Waals surface area contributed by atoms with Crippen molar-refractivity contribution in [1.29, 1.82) is 0 Å². The number of hydrogen-bond donors (Lipinski definition) is 0. The van der Waals surface area contributed by atoms with Crippen molar-refractivity contribution in [2.45, 2.75) is 0 Å². The van der Waals surface area contributed by atoms with Crippen LogP contribution in [0.2, 0.25) is 0 Å². The van der Waals surface area contributed by atoms with Crippen LogP contribution in [0.4, 0.5) is 17.1 Å². The lowest BCUT2D eigenvalue weighted by atomic mass is 10.0. The zero-order valence-corrected chi connectivity index (χ0v) is 22.1. The van der Waals surface area contributed by atoms with E-state index in [0.29, 0.717) is 5.89 Å². The summed E-state index contributed by atoms with van der Waals surface area (Å²) in [5, 5.41) is 2.00. The fourth-order valence-corrected chi connectivity index (χ4v) is 5.58. The van der Waals surface area contributed by atoms with Crippen molar-refractivity contribution in [1.82, 2.24) is 4.98 Å². The van der Waals surface area contributed by atoms with Crippen LogP contribution in [0.15, 0.2) is 154 Å². The minimum Gasteiger partial charge on any atom is -0.456 e. The molecule has 4 nitrogen and oxygen atoms in total. The first-order valence-corrected chi connectivity index (χ1v) is 13.6. The number of fused-ring (bicyclic) bond motifs is 4. The molecule has 0 spiro atoms. The molecule has 0 radical (unpaired) electrons. The van der Waals surface area contributed by atoms with E-state index in [2.05, 4.69) is 95.9 Å². The minimum absolute atomic E-state index is 0.585. The number of nitrogens with zero attached hydrogens (tertiary/aromatic N) is 2.